The molecule has 1 saturated heterocycles. The Balaban J connectivity index is 1.56. The van der Waals surface area contributed by atoms with Crippen molar-refractivity contribution in [3.63, 3.8) is 0 Å². The predicted octanol–water partition coefficient (Wildman–Crippen LogP) is 2.14. The number of hydrogen-bond donors (Lipinski definition) is 1. The number of β-amino-alcohol motifs (C(OH)–C–C–N with tert-alkyl or cyclic N) is 1. The summed E-state index contributed by atoms with van der Waals surface area (Å²) in [5.41, 5.74) is 0.142. The Hall–Kier alpha value is -1.55. The number of carbonyl (C=O) groups is 1. The maximum atomic E-state index is 12.2. The van der Waals surface area contributed by atoms with E-state index in [-0.39, 0.29) is 18.4 Å². The lowest BCUT2D eigenvalue weighted by molar-refractivity contribution is -0.138. The normalized spacial score (nSPS) is 25.7. The van der Waals surface area contributed by atoms with Gasteiger partial charge in [-0.2, -0.15) is 0 Å². The number of hydrogen-bond acceptors (Lipinski definition) is 3. The van der Waals surface area contributed by atoms with Crippen LogP contribution in [-0.2, 0) is 4.79 Å². The molecule has 0 unspecified atom stereocenters. The summed E-state index contributed by atoms with van der Waals surface area (Å²) < 4.78 is 5.76. The minimum absolute atomic E-state index is 0.199. The molecule has 0 aromatic heterocycles. The third kappa shape index (κ3) is 3.05. The molecule has 21 heavy (non-hydrogen) atoms. The van der Waals surface area contributed by atoms with Crippen molar-refractivity contribution in [3.8, 4) is 5.75 Å². The molecule has 1 aliphatic heterocycles. The van der Waals surface area contributed by atoms with E-state index in [0.717, 1.165) is 30.6 Å². The molecule has 2 fully saturated rings. The number of para-hydroxylation sites is 1. The van der Waals surface area contributed by atoms with Crippen LogP contribution >= 0.6 is 0 Å². The Kier molecular flexibility index (Phi) is 3.89. The maximum Gasteiger partial charge on any atom is 0.225 e. The van der Waals surface area contributed by atoms with E-state index in [1.807, 2.05) is 36.1 Å². The average Bonchev–Trinajstić information content (AvgIpc) is 2.79. The average molecular weight is 289 g/mol. The quantitative estimate of drug-likeness (QED) is 0.924. The largest absolute Gasteiger partial charge is 0.490 e. The van der Waals surface area contributed by atoms with Crippen LogP contribution in [0.2, 0.25) is 0 Å². The summed E-state index contributed by atoms with van der Waals surface area (Å²) in [5, 5.41) is 10.6. The van der Waals surface area contributed by atoms with Crippen molar-refractivity contribution in [3.05, 3.63) is 29.8 Å². The van der Waals surface area contributed by atoms with E-state index in [4.69, 9.17) is 4.74 Å². The zero-order valence-corrected chi connectivity index (χ0v) is 12.5. The number of amides is 1. The number of rotatable bonds is 4. The van der Waals surface area contributed by atoms with Crippen molar-refractivity contribution in [1.29, 1.82) is 0 Å². The molecule has 0 spiro atoms. The molecule has 2 aliphatic rings. The molecule has 1 saturated carbocycles. The molecule has 1 N–H and O–H groups in total. The summed E-state index contributed by atoms with van der Waals surface area (Å²) in [6, 6.07) is 7.78. The van der Waals surface area contributed by atoms with E-state index in [9.17, 15) is 9.90 Å². The first kappa shape index (κ1) is 14.4. The molecular weight excluding hydrogens is 266 g/mol. The molecule has 0 bridgehead atoms. The van der Waals surface area contributed by atoms with Gasteiger partial charge in [0.15, 0.2) is 0 Å². The summed E-state index contributed by atoms with van der Waals surface area (Å²) in [6.07, 6.45) is 3.77. The first-order valence-electron chi connectivity index (χ1n) is 7.77. The molecule has 3 rings (SSSR count). The van der Waals surface area contributed by atoms with Crippen molar-refractivity contribution in [2.24, 2.45) is 5.92 Å². The lowest BCUT2D eigenvalue weighted by atomic mass is 9.84. The highest BCUT2D eigenvalue weighted by Crippen LogP contribution is 2.31. The molecule has 1 aromatic carbocycles. The van der Waals surface area contributed by atoms with Crippen LogP contribution in [0.15, 0.2) is 24.3 Å². The maximum absolute atomic E-state index is 12.2. The fraction of sp³-hybridized carbons (Fsp3) is 0.588. The third-order valence-corrected chi connectivity index (χ3v) is 4.69. The number of ether oxygens (including phenoxy) is 1. The van der Waals surface area contributed by atoms with Crippen LogP contribution in [0.1, 0.15) is 31.2 Å². The van der Waals surface area contributed by atoms with E-state index >= 15 is 0 Å². The summed E-state index contributed by atoms with van der Waals surface area (Å²) >= 11 is 0. The first-order chi connectivity index (χ1) is 10.1. The SMILES string of the molecule is Cc1ccccc1OC[C@@]1(O)CCN(C(=O)C2CCC2)C1. The Bertz CT molecular complexity index is 527. The van der Waals surface area contributed by atoms with Gasteiger partial charge in [0.25, 0.3) is 0 Å². The van der Waals surface area contributed by atoms with Crippen LogP contribution < -0.4 is 4.74 Å². The number of aryl methyl sites for hydroxylation is 1. The highest BCUT2D eigenvalue weighted by Gasteiger charge is 2.41. The molecular formula is C17H23NO3. The monoisotopic (exact) mass is 289 g/mol. The number of nitrogens with zero attached hydrogens (tertiary/aromatic N) is 1. The number of carbonyl (C=O) groups excluding carboxylic acids is 1. The van der Waals surface area contributed by atoms with Gasteiger partial charge in [-0.1, -0.05) is 24.6 Å². The van der Waals surface area contributed by atoms with Crippen LogP contribution in [0.4, 0.5) is 0 Å². The van der Waals surface area contributed by atoms with Gasteiger partial charge in [-0.05, 0) is 37.8 Å². The molecule has 0 radical (unpaired) electrons. The summed E-state index contributed by atoms with van der Waals surface area (Å²) in [6.45, 7) is 3.27. The molecule has 4 heteroatoms. The van der Waals surface area contributed by atoms with Crippen LogP contribution in [0.5, 0.6) is 5.75 Å². The highest BCUT2D eigenvalue weighted by atomic mass is 16.5. The van der Waals surface area contributed by atoms with Crippen molar-refractivity contribution in [2.45, 2.75) is 38.2 Å². The lowest BCUT2D eigenvalue weighted by Crippen LogP contribution is -2.43. The van der Waals surface area contributed by atoms with Gasteiger partial charge in [0, 0.05) is 12.5 Å². The van der Waals surface area contributed by atoms with Crippen LogP contribution in [0.3, 0.4) is 0 Å². The second-order valence-corrected chi connectivity index (χ2v) is 6.42. The number of benzene rings is 1. The van der Waals surface area contributed by atoms with Gasteiger partial charge in [0.05, 0.1) is 6.54 Å². The number of aliphatic hydroxyl groups is 1. The Labute approximate surface area is 125 Å². The summed E-state index contributed by atoms with van der Waals surface area (Å²) in [5.74, 6) is 1.22. The molecule has 114 valence electrons. The first-order valence-corrected chi connectivity index (χ1v) is 7.77. The molecule has 4 nitrogen and oxygen atoms in total. The van der Waals surface area contributed by atoms with Crippen LogP contribution in [-0.4, -0.2) is 41.2 Å². The smallest absolute Gasteiger partial charge is 0.225 e. The van der Waals surface area contributed by atoms with Gasteiger partial charge < -0.3 is 14.7 Å². The van der Waals surface area contributed by atoms with Crippen molar-refractivity contribution >= 4 is 5.91 Å². The Morgan fingerprint density at radius 2 is 2.19 bits per heavy atom. The third-order valence-electron chi connectivity index (χ3n) is 4.69. The van der Waals surface area contributed by atoms with Gasteiger partial charge in [0.2, 0.25) is 5.91 Å². The molecule has 1 amide bonds. The van der Waals surface area contributed by atoms with Gasteiger partial charge in [-0.15, -0.1) is 0 Å². The second-order valence-electron chi connectivity index (χ2n) is 6.42. The highest BCUT2D eigenvalue weighted by molar-refractivity contribution is 5.80. The lowest BCUT2D eigenvalue weighted by Gasteiger charge is -2.30. The minimum Gasteiger partial charge on any atom is -0.490 e. The fourth-order valence-corrected chi connectivity index (χ4v) is 3.01. The molecule has 1 aromatic rings. The molecule has 1 atom stereocenters. The molecule has 1 heterocycles. The van der Waals surface area contributed by atoms with E-state index < -0.39 is 5.60 Å². The van der Waals surface area contributed by atoms with E-state index in [0.29, 0.717) is 19.5 Å². The van der Waals surface area contributed by atoms with Gasteiger partial charge in [-0.3, -0.25) is 4.79 Å². The Morgan fingerprint density at radius 3 is 2.86 bits per heavy atom. The Morgan fingerprint density at radius 1 is 1.43 bits per heavy atom. The summed E-state index contributed by atoms with van der Waals surface area (Å²) in [7, 11) is 0. The zero-order valence-electron chi connectivity index (χ0n) is 12.5. The summed E-state index contributed by atoms with van der Waals surface area (Å²) in [4.78, 5) is 14.0. The van der Waals surface area contributed by atoms with E-state index in [1.165, 1.54) is 0 Å². The fourth-order valence-electron chi connectivity index (χ4n) is 3.01. The zero-order chi connectivity index (χ0) is 14.9. The van der Waals surface area contributed by atoms with Gasteiger partial charge in [0.1, 0.15) is 18.0 Å². The standard InChI is InChI=1S/C17H23NO3/c1-13-5-2-3-8-15(13)21-12-17(20)9-10-18(11-17)16(19)14-6-4-7-14/h2-3,5,8,14,20H,4,6-7,9-12H2,1H3/t17-/m1/s1. The minimum atomic E-state index is -0.915. The van der Waals surface area contributed by atoms with Crippen molar-refractivity contribution < 1.29 is 14.6 Å². The van der Waals surface area contributed by atoms with Crippen LogP contribution in [0.25, 0.3) is 0 Å². The van der Waals surface area contributed by atoms with Gasteiger partial charge >= 0.3 is 0 Å². The second kappa shape index (κ2) is 5.68. The van der Waals surface area contributed by atoms with E-state index in [2.05, 4.69) is 0 Å². The van der Waals surface area contributed by atoms with Gasteiger partial charge in [-0.25, -0.2) is 0 Å². The van der Waals surface area contributed by atoms with Crippen LogP contribution in [0, 0.1) is 12.8 Å². The van der Waals surface area contributed by atoms with Crippen molar-refractivity contribution in [1.82, 2.24) is 4.90 Å². The molecule has 1 aliphatic carbocycles. The van der Waals surface area contributed by atoms with E-state index in [1.54, 1.807) is 0 Å². The van der Waals surface area contributed by atoms with Crippen molar-refractivity contribution in [2.75, 3.05) is 19.7 Å². The predicted molar refractivity (Wildman–Crippen MR) is 80.2 cm³/mol. The number of likely N-dealkylation sites (tertiary alicyclic amines) is 1. The topological polar surface area (TPSA) is 49.8 Å².